The lowest BCUT2D eigenvalue weighted by atomic mass is 10.1. The number of carbonyl (C=O) groups is 1. The van der Waals surface area contributed by atoms with Gasteiger partial charge in [0.15, 0.2) is 11.6 Å². The first-order valence-electron chi connectivity index (χ1n) is 5.02. The molecule has 1 aromatic heterocycles. The third kappa shape index (κ3) is 2.91. The van der Waals surface area contributed by atoms with Gasteiger partial charge in [-0.05, 0) is 13.0 Å². The Hall–Kier alpha value is -2.16. The summed E-state index contributed by atoms with van der Waals surface area (Å²) in [4.78, 5) is 16.7. The summed E-state index contributed by atoms with van der Waals surface area (Å²) in [6.07, 6.45) is 1.27. The van der Waals surface area contributed by atoms with Crippen LogP contribution in [0, 0.1) is 23.1 Å². The van der Waals surface area contributed by atoms with Crippen LogP contribution in [0.1, 0.15) is 17.3 Å². The van der Waals surface area contributed by atoms with Crippen LogP contribution in [0.4, 0.5) is 10.2 Å². The Morgan fingerprint density at radius 1 is 1.76 bits per heavy atom. The minimum absolute atomic E-state index is 0.134. The number of halogens is 1. The molecule has 0 aliphatic carbocycles. The number of aromatic nitrogens is 1. The fourth-order valence-electron chi connectivity index (χ4n) is 1.37. The lowest BCUT2D eigenvalue weighted by Gasteiger charge is -2.18. The molecular formula is C11H13FN4O. The van der Waals surface area contributed by atoms with Gasteiger partial charge in [0, 0.05) is 19.8 Å². The van der Waals surface area contributed by atoms with E-state index in [4.69, 9.17) is 11.0 Å². The quantitative estimate of drug-likeness (QED) is 0.849. The van der Waals surface area contributed by atoms with Crippen molar-refractivity contribution in [2.24, 2.45) is 5.92 Å². The molecule has 0 aromatic carbocycles. The molecule has 1 unspecified atom stereocenters. The van der Waals surface area contributed by atoms with Gasteiger partial charge in [0.25, 0.3) is 5.91 Å². The van der Waals surface area contributed by atoms with Gasteiger partial charge in [-0.1, -0.05) is 0 Å². The number of pyridine rings is 1. The topological polar surface area (TPSA) is 83.0 Å². The maximum atomic E-state index is 13.5. The van der Waals surface area contributed by atoms with E-state index in [2.05, 4.69) is 4.98 Å². The number of nitriles is 1. The number of amides is 1. The van der Waals surface area contributed by atoms with Crippen molar-refractivity contribution in [1.29, 1.82) is 5.26 Å². The van der Waals surface area contributed by atoms with Gasteiger partial charge >= 0.3 is 0 Å². The average Bonchev–Trinajstić information content (AvgIpc) is 2.31. The molecule has 1 rings (SSSR count). The van der Waals surface area contributed by atoms with Gasteiger partial charge in [0.05, 0.1) is 17.6 Å². The summed E-state index contributed by atoms with van der Waals surface area (Å²) in [6, 6.07) is 3.27. The fourth-order valence-corrected chi connectivity index (χ4v) is 1.37. The van der Waals surface area contributed by atoms with Gasteiger partial charge in [0.1, 0.15) is 0 Å². The predicted molar refractivity (Wildman–Crippen MR) is 60.3 cm³/mol. The Morgan fingerprint density at radius 3 is 3.00 bits per heavy atom. The number of carbonyl (C=O) groups excluding carboxylic acids is 1. The molecule has 1 heterocycles. The molecule has 5 nitrogen and oxygen atoms in total. The second-order valence-electron chi connectivity index (χ2n) is 3.77. The normalized spacial score (nSPS) is 11.6. The highest BCUT2D eigenvalue weighted by Crippen LogP contribution is 2.14. The highest BCUT2D eigenvalue weighted by molar-refractivity contribution is 5.94. The van der Waals surface area contributed by atoms with E-state index in [9.17, 15) is 9.18 Å². The first-order valence-corrected chi connectivity index (χ1v) is 5.02. The zero-order valence-electron chi connectivity index (χ0n) is 9.64. The van der Waals surface area contributed by atoms with Gasteiger partial charge in [-0.15, -0.1) is 0 Å². The van der Waals surface area contributed by atoms with Crippen LogP contribution in [0.3, 0.4) is 0 Å². The van der Waals surface area contributed by atoms with Crippen LogP contribution < -0.4 is 5.73 Å². The van der Waals surface area contributed by atoms with E-state index in [-0.39, 0.29) is 23.8 Å². The summed E-state index contributed by atoms with van der Waals surface area (Å²) >= 11 is 0. The van der Waals surface area contributed by atoms with Crippen LogP contribution in [0.15, 0.2) is 12.3 Å². The Kier molecular flexibility index (Phi) is 3.99. The fraction of sp³-hybridized carbons (Fsp3) is 0.364. The Balaban J connectivity index is 2.90. The van der Waals surface area contributed by atoms with E-state index >= 15 is 0 Å². The van der Waals surface area contributed by atoms with Crippen LogP contribution >= 0.6 is 0 Å². The maximum absolute atomic E-state index is 13.5. The van der Waals surface area contributed by atoms with Gasteiger partial charge in [0.2, 0.25) is 0 Å². The molecular weight excluding hydrogens is 223 g/mol. The Bertz CT molecular complexity index is 469. The number of nitrogen functional groups attached to an aromatic ring is 1. The lowest BCUT2D eigenvalue weighted by molar-refractivity contribution is 0.0780. The van der Waals surface area contributed by atoms with Crippen LogP contribution in [0.2, 0.25) is 0 Å². The molecule has 0 radical (unpaired) electrons. The molecule has 0 spiro atoms. The van der Waals surface area contributed by atoms with Gasteiger partial charge in [-0.3, -0.25) is 4.79 Å². The van der Waals surface area contributed by atoms with E-state index in [1.807, 2.05) is 6.07 Å². The molecule has 0 bridgehead atoms. The number of nitrogens with zero attached hydrogens (tertiary/aromatic N) is 3. The van der Waals surface area contributed by atoms with Crippen molar-refractivity contribution in [2.45, 2.75) is 6.92 Å². The van der Waals surface area contributed by atoms with E-state index in [1.54, 1.807) is 6.92 Å². The highest BCUT2D eigenvalue weighted by atomic mass is 19.1. The Labute approximate surface area is 98.7 Å². The molecule has 1 aromatic rings. The largest absolute Gasteiger partial charge is 0.381 e. The minimum atomic E-state index is -0.825. The van der Waals surface area contributed by atoms with Crippen molar-refractivity contribution in [2.75, 3.05) is 19.3 Å². The summed E-state index contributed by atoms with van der Waals surface area (Å²) < 4.78 is 13.5. The Morgan fingerprint density at radius 2 is 2.41 bits per heavy atom. The molecule has 17 heavy (non-hydrogen) atoms. The predicted octanol–water partition coefficient (Wildman–Crippen LogP) is 1.03. The lowest BCUT2D eigenvalue weighted by Crippen LogP contribution is -2.31. The van der Waals surface area contributed by atoms with Crippen LogP contribution in [-0.4, -0.2) is 29.4 Å². The first kappa shape index (κ1) is 12.9. The monoisotopic (exact) mass is 236 g/mol. The second kappa shape index (κ2) is 5.25. The van der Waals surface area contributed by atoms with E-state index in [0.717, 1.165) is 0 Å². The SMILES string of the molecule is CC(C#N)CN(C)C(=O)c1ccnc(N)c1F. The molecule has 0 fully saturated rings. The standard InChI is InChI=1S/C11H13FN4O/c1-7(5-13)6-16(2)11(17)8-3-4-15-10(14)9(8)12/h3-4,7H,6H2,1-2H3,(H2,14,15). The summed E-state index contributed by atoms with van der Waals surface area (Å²) in [7, 11) is 1.51. The first-order chi connectivity index (χ1) is 7.97. The number of hydrogen-bond donors (Lipinski definition) is 1. The van der Waals surface area contributed by atoms with E-state index in [1.165, 1.54) is 24.2 Å². The van der Waals surface area contributed by atoms with E-state index < -0.39 is 11.7 Å². The smallest absolute Gasteiger partial charge is 0.256 e. The molecule has 0 aliphatic heterocycles. The molecule has 0 saturated heterocycles. The van der Waals surface area contributed by atoms with Crippen molar-refractivity contribution in [1.82, 2.24) is 9.88 Å². The summed E-state index contributed by atoms with van der Waals surface area (Å²) in [5, 5.41) is 8.64. The van der Waals surface area contributed by atoms with Gasteiger partial charge in [-0.25, -0.2) is 9.37 Å². The van der Waals surface area contributed by atoms with Crippen molar-refractivity contribution in [3.63, 3.8) is 0 Å². The molecule has 1 amide bonds. The molecule has 6 heteroatoms. The zero-order valence-corrected chi connectivity index (χ0v) is 9.64. The van der Waals surface area contributed by atoms with Crippen LogP contribution in [-0.2, 0) is 0 Å². The molecule has 0 saturated carbocycles. The average molecular weight is 236 g/mol. The number of rotatable bonds is 3. The highest BCUT2D eigenvalue weighted by Gasteiger charge is 2.19. The summed E-state index contributed by atoms with van der Waals surface area (Å²) in [6.45, 7) is 1.91. The zero-order chi connectivity index (χ0) is 13.0. The molecule has 1 atom stereocenters. The van der Waals surface area contributed by atoms with Crippen molar-refractivity contribution in [3.8, 4) is 6.07 Å². The summed E-state index contributed by atoms with van der Waals surface area (Å²) in [5.74, 6) is -1.96. The van der Waals surface area contributed by atoms with E-state index in [0.29, 0.717) is 0 Å². The van der Waals surface area contributed by atoms with Crippen LogP contribution in [0.5, 0.6) is 0 Å². The third-order valence-corrected chi connectivity index (χ3v) is 2.26. The maximum Gasteiger partial charge on any atom is 0.256 e. The van der Waals surface area contributed by atoms with Crippen molar-refractivity contribution >= 4 is 11.7 Å². The number of hydrogen-bond acceptors (Lipinski definition) is 4. The van der Waals surface area contributed by atoms with Gasteiger partial charge in [-0.2, -0.15) is 5.26 Å². The number of anilines is 1. The van der Waals surface area contributed by atoms with Crippen molar-refractivity contribution < 1.29 is 9.18 Å². The molecule has 0 aliphatic rings. The van der Waals surface area contributed by atoms with Gasteiger partial charge < -0.3 is 10.6 Å². The second-order valence-corrected chi connectivity index (χ2v) is 3.77. The van der Waals surface area contributed by atoms with Crippen LogP contribution in [0.25, 0.3) is 0 Å². The minimum Gasteiger partial charge on any atom is -0.381 e. The summed E-state index contributed by atoms with van der Waals surface area (Å²) in [5.41, 5.74) is 5.14. The number of nitrogens with two attached hydrogens (primary N) is 1. The van der Waals surface area contributed by atoms with Crippen molar-refractivity contribution in [3.05, 3.63) is 23.6 Å². The molecule has 90 valence electrons. The third-order valence-electron chi connectivity index (χ3n) is 2.26. The molecule has 2 N–H and O–H groups in total.